The lowest BCUT2D eigenvalue weighted by Crippen LogP contribution is -2.33. The highest BCUT2D eigenvalue weighted by Gasteiger charge is 2.22. The second-order valence-electron chi connectivity index (χ2n) is 6.82. The fourth-order valence-electron chi connectivity index (χ4n) is 3.00. The van der Waals surface area contributed by atoms with Gasteiger partial charge in [0.2, 0.25) is 10.0 Å². The van der Waals surface area contributed by atoms with Gasteiger partial charge in [0.1, 0.15) is 12.4 Å². The van der Waals surface area contributed by atoms with Gasteiger partial charge in [0.25, 0.3) is 5.91 Å². The number of halogens is 2. The van der Waals surface area contributed by atoms with Crippen LogP contribution in [0, 0.1) is 11.6 Å². The highest BCUT2D eigenvalue weighted by atomic mass is 32.2. The number of amides is 1. The van der Waals surface area contributed by atoms with Crippen LogP contribution in [0.1, 0.15) is 28.9 Å². The average molecular weight is 461 g/mol. The number of para-hydroxylation sites is 1. The summed E-state index contributed by atoms with van der Waals surface area (Å²) < 4.78 is 60.6. The van der Waals surface area contributed by atoms with Crippen molar-refractivity contribution in [2.24, 2.45) is 0 Å². The third-order valence-corrected chi connectivity index (χ3v) is 6.12. The van der Waals surface area contributed by atoms with Gasteiger partial charge in [-0.3, -0.25) is 4.79 Å². The van der Waals surface area contributed by atoms with Crippen molar-refractivity contribution in [1.29, 1.82) is 0 Å². The van der Waals surface area contributed by atoms with Gasteiger partial charge in [-0.05, 0) is 35.9 Å². The fraction of sp³-hybridized carbons (Fsp3) is 0.174. The van der Waals surface area contributed by atoms with Gasteiger partial charge in [0, 0.05) is 6.54 Å². The quantitative estimate of drug-likeness (QED) is 0.509. The average Bonchev–Trinajstić information content (AvgIpc) is 2.78. The molecule has 1 amide bonds. The largest absolute Gasteiger partial charge is 0.488 e. The van der Waals surface area contributed by atoms with Crippen molar-refractivity contribution >= 4 is 15.9 Å². The van der Waals surface area contributed by atoms with E-state index >= 15 is 0 Å². The number of carbonyl (C=O) groups excluding carboxylic acids is 1. The maximum Gasteiger partial charge on any atom is 0.254 e. The van der Waals surface area contributed by atoms with Gasteiger partial charge in [-0.1, -0.05) is 49.4 Å². The Kier molecular flexibility index (Phi) is 7.55. The summed E-state index contributed by atoms with van der Waals surface area (Å²) in [5.41, 5.74) is 0.213. The van der Waals surface area contributed by atoms with Crippen LogP contribution in [0.5, 0.6) is 5.75 Å². The minimum absolute atomic E-state index is 0.00703. The van der Waals surface area contributed by atoms with Crippen LogP contribution in [0.2, 0.25) is 0 Å². The molecule has 0 radical (unpaired) electrons. The lowest BCUT2D eigenvalue weighted by Gasteiger charge is -2.20. The predicted molar refractivity (Wildman–Crippen MR) is 116 cm³/mol. The Bertz CT molecular complexity index is 1190. The summed E-state index contributed by atoms with van der Waals surface area (Å²) in [6.07, 6.45) is 0. The molecule has 0 aromatic heterocycles. The molecule has 0 bridgehead atoms. The van der Waals surface area contributed by atoms with E-state index in [4.69, 9.17) is 4.74 Å². The van der Waals surface area contributed by atoms with Crippen molar-refractivity contribution in [3.8, 4) is 5.75 Å². The van der Waals surface area contributed by atoms with Crippen molar-refractivity contribution in [1.82, 2.24) is 10.0 Å². The molecule has 0 aliphatic rings. The molecule has 9 heteroatoms. The zero-order valence-electron chi connectivity index (χ0n) is 17.2. The zero-order chi connectivity index (χ0) is 23.1. The highest BCUT2D eigenvalue weighted by Crippen LogP contribution is 2.21. The molecule has 32 heavy (non-hydrogen) atoms. The zero-order valence-corrected chi connectivity index (χ0v) is 18.0. The molecule has 0 heterocycles. The summed E-state index contributed by atoms with van der Waals surface area (Å²) in [6, 6.07) is 16.8. The van der Waals surface area contributed by atoms with Crippen molar-refractivity contribution in [2.75, 3.05) is 13.2 Å². The maximum absolute atomic E-state index is 14.4. The topological polar surface area (TPSA) is 84.5 Å². The van der Waals surface area contributed by atoms with Gasteiger partial charge >= 0.3 is 0 Å². The minimum Gasteiger partial charge on any atom is -0.488 e. The second-order valence-corrected chi connectivity index (χ2v) is 8.59. The normalized spacial score (nSPS) is 12.2. The first-order valence-electron chi connectivity index (χ1n) is 9.84. The first-order chi connectivity index (χ1) is 15.3. The van der Waals surface area contributed by atoms with E-state index in [1.54, 1.807) is 43.3 Å². The summed E-state index contributed by atoms with van der Waals surface area (Å²) in [5, 5.41) is 2.65. The van der Waals surface area contributed by atoms with E-state index in [0.29, 0.717) is 5.56 Å². The Labute approximate surface area is 185 Å². The van der Waals surface area contributed by atoms with Crippen LogP contribution in [-0.2, 0) is 10.0 Å². The number of benzene rings is 3. The van der Waals surface area contributed by atoms with E-state index in [1.165, 1.54) is 18.2 Å². The number of sulfonamides is 1. The number of ether oxygens (including phenoxy) is 1. The first kappa shape index (κ1) is 23.4. The molecule has 0 fully saturated rings. The molecule has 1 unspecified atom stereocenters. The van der Waals surface area contributed by atoms with Crippen LogP contribution in [-0.4, -0.2) is 27.5 Å². The van der Waals surface area contributed by atoms with E-state index < -0.39 is 39.2 Å². The van der Waals surface area contributed by atoms with Crippen LogP contribution in [0.3, 0.4) is 0 Å². The molecule has 0 aliphatic carbocycles. The maximum atomic E-state index is 14.4. The molecule has 3 aromatic carbocycles. The van der Waals surface area contributed by atoms with Crippen molar-refractivity contribution < 1.29 is 26.7 Å². The van der Waals surface area contributed by atoms with Gasteiger partial charge < -0.3 is 10.1 Å². The number of nitrogens with one attached hydrogen (secondary N) is 2. The third kappa shape index (κ3) is 5.68. The van der Waals surface area contributed by atoms with Crippen LogP contribution in [0.25, 0.3) is 0 Å². The van der Waals surface area contributed by atoms with Gasteiger partial charge in [-0.15, -0.1) is 0 Å². The fourth-order valence-corrected chi connectivity index (χ4v) is 4.06. The van der Waals surface area contributed by atoms with Crippen molar-refractivity contribution in [3.05, 3.63) is 95.6 Å². The third-order valence-electron chi connectivity index (χ3n) is 4.58. The minimum atomic E-state index is -3.88. The van der Waals surface area contributed by atoms with E-state index in [2.05, 4.69) is 10.0 Å². The van der Waals surface area contributed by atoms with E-state index in [0.717, 1.165) is 18.2 Å². The van der Waals surface area contributed by atoms with Crippen LogP contribution < -0.4 is 14.8 Å². The molecule has 2 N–H and O–H groups in total. The molecule has 168 valence electrons. The Morgan fingerprint density at radius 3 is 2.34 bits per heavy atom. The Hall–Kier alpha value is -3.30. The summed E-state index contributed by atoms with van der Waals surface area (Å²) >= 11 is 0. The monoisotopic (exact) mass is 460 g/mol. The summed E-state index contributed by atoms with van der Waals surface area (Å²) in [6.45, 7) is 1.62. The van der Waals surface area contributed by atoms with Gasteiger partial charge in [0.05, 0.1) is 16.5 Å². The molecule has 3 aromatic rings. The molecular formula is C23H22F2N2O4S. The molecule has 0 saturated heterocycles. The second kappa shape index (κ2) is 10.3. The Balaban J connectivity index is 1.86. The summed E-state index contributed by atoms with van der Waals surface area (Å²) in [7, 11) is -3.88. The molecular weight excluding hydrogens is 438 g/mol. The van der Waals surface area contributed by atoms with E-state index in [9.17, 15) is 22.0 Å². The molecule has 1 atom stereocenters. The first-order valence-corrected chi connectivity index (χ1v) is 11.3. The van der Waals surface area contributed by atoms with Crippen LogP contribution in [0.4, 0.5) is 8.78 Å². The molecule has 0 saturated carbocycles. The van der Waals surface area contributed by atoms with Gasteiger partial charge in [-0.25, -0.2) is 21.9 Å². The number of rotatable bonds is 9. The van der Waals surface area contributed by atoms with Gasteiger partial charge in [0.15, 0.2) is 11.6 Å². The lowest BCUT2D eigenvalue weighted by atomic mass is 10.1. The van der Waals surface area contributed by atoms with Crippen molar-refractivity contribution in [3.63, 3.8) is 0 Å². The Morgan fingerprint density at radius 1 is 0.969 bits per heavy atom. The number of hydrogen-bond donors (Lipinski definition) is 2. The lowest BCUT2D eigenvalue weighted by molar-refractivity contribution is 0.0916. The highest BCUT2D eigenvalue weighted by molar-refractivity contribution is 7.89. The SMILES string of the molecule is CCNS(=O)(=O)c1ccc(F)c(C(=O)NC(COc2ccccc2F)c2ccccc2)c1. The number of carbonyl (C=O) groups is 1. The smallest absolute Gasteiger partial charge is 0.254 e. The standard InChI is InChI=1S/C23H22F2N2O4S/c1-2-26-32(29,30)17-12-13-19(24)18(14-17)23(28)27-21(16-8-4-3-5-9-16)15-31-22-11-7-6-10-20(22)25/h3-14,21,26H,2,15H2,1H3,(H,27,28). The summed E-state index contributed by atoms with van der Waals surface area (Å²) in [5.74, 6) is -2.26. The van der Waals surface area contributed by atoms with E-state index in [-0.39, 0.29) is 23.8 Å². The van der Waals surface area contributed by atoms with Crippen molar-refractivity contribution in [2.45, 2.75) is 17.9 Å². The van der Waals surface area contributed by atoms with Crippen LogP contribution in [0.15, 0.2) is 77.7 Å². The molecule has 6 nitrogen and oxygen atoms in total. The Morgan fingerprint density at radius 2 is 1.66 bits per heavy atom. The van der Waals surface area contributed by atoms with Gasteiger partial charge in [-0.2, -0.15) is 0 Å². The number of hydrogen-bond acceptors (Lipinski definition) is 4. The van der Waals surface area contributed by atoms with E-state index in [1.807, 2.05) is 0 Å². The van der Waals surface area contributed by atoms with Crippen LogP contribution >= 0.6 is 0 Å². The summed E-state index contributed by atoms with van der Waals surface area (Å²) in [4.78, 5) is 12.6. The molecule has 3 rings (SSSR count). The molecule has 0 aliphatic heterocycles. The molecule has 0 spiro atoms. The predicted octanol–water partition coefficient (Wildman–Crippen LogP) is 3.81.